The molecule has 1 aliphatic rings. The Kier molecular flexibility index (Phi) is 5.59. The minimum atomic E-state index is -3.28. The van der Waals surface area contributed by atoms with Crippen molar-refractivity contribution in [2.24, 2.45) is 0 Å². The number of ether oxygens (including phenoxy) is 2. The number of carbonyl (C=O) groups is 1. The van der Waals surface area contributed by atoms with Gasteiger partial charge in [-0.3, -0.25) is 14.2 Å². The number of benzene rings is 2. The van der Waals surface area contributed by atoms with E-state index in [0.29, 0.717) is 22.1 Å². The van der Waals surface area contributed by atoms with Crippen molar-refractivity contribution in [2.45, 2.75) is 24.9 Å². The molecule has 2 heterocycles. The summed E-state index contributed by atoms with van der Waals surface area (Å²) in [4.78, 5) is 25.5. The van der Waals surface area contributed by atoms with Crippen LogP contribution in [0.15, 0.2) is 52.2 Å². The Morgan fingerprint density at radius 1 is 1.10 bits per heavy atom. The van der Waals surface area contributed by atoms with Crippen molar-refractivity contribution in [1.82, 2.24) is 9.88 Å². The molecular weight excluding hydrogens is 440 g/mol. The van der Waals surface area contributed by atoms with Gasteiger partial charge in [-0.05, 0) is 42.3 Å². The zero-order valence-electron chi connectivity index (χ0n) is 16.9. The van der Waals surface area contributed by atoms with E-state index in [1.165, 1.54) is 16.7 Å². The number of thiazole rings is 1. The second kappa shape index (κ2) is 8.20. The highest BCUT2D eigenvalue weighted by molar-refractivity contribution is 7.90. The molecule has 4 rings (SSSR count). The van der Waals surface area contributed by atoms with Gasteiger partial charge in [-0.2, -0.15) is 0 Å². The molecule has 8 nitrogen and oxygen atoms in total. The first-order chi connectivity index (χ1) is 14.7. The molecule has 1 amide bonds. The van der Waals surface area contributed by atoms with Gasteiger partial charge in [0.2, 0.25) is 6.79 Å². The molecule has 0 radical (unpaired) electrons. The molecule has 0 bridgehead atoms. The van der Waals surface area contributed by atoms with Crippen molar-refractivity contribution in [2.75, 3.05) is 13.0 Å². The fourth-order valence-corrected chi connectivity index (χ4v) is 4.75. The van der Waals surface area contributed by atoms with E-state index in [1.54, 1.807) is 25.1 Å². The number of sulfone groups is 1. The molecule has 31 heavy (non-hydrogen) atoms. The molecule has 10 heteroatoms. The zero-order valence-corrected chi connectivity index (χ0v) is 18.5. The molecule has 1 aliphatic heterocycles. The van der Waals surface area contributed by atoms with Crippen LogP contribution >= 0.6 is 11.3 Å². The van der Waals surface area contributed by atoms with E-state index in [1.807, 2.05) is 12.1 Å². The van der Waals surface area contributed by atoms with E-state index in [0.717, 1.165) is 28.7 Å². The highest BCUT2D eigenvalue weighted by atomic mass is 32.2. The lowest BCUT2D eigenvalue weighted by Crippen LogP contribution is -2.23. The average Bonchev–Trinajstić information content (AvgIpc) is 3.31. The largest absolute Gasteiger partial charge is 0.454 e. The number of rotatable bonds is 6. The Morgan fingerprint density at radius 2 is 1.77 bits per heavy atom. The second-order valence-corrected chi connectivity index (χ2v) is 10.1. The molecule has 0 unspecified atom stereocenters. The zero-order chi connectivity index (χ0) is 22.2. The summed E-state index contributed by atoms with van der Waals surface area (Å²) in [6.45, 7) is 2.44. The number of hydrogen-bond donors (Lipinski definition) is 1. The quantitative estimate of drug-likeness (QED) is 0.606. The number of hydrogen-bond acceptors (Lipinski definition) is 7. The summed E-state index contributed by atoms with van der Waals surface area (Å²) in [5.74, 6) is 0.981. The third kappa shape index (κ3) is 4.49. The third-order valence-electron chi connectivity index (χ3n) is 4.93. The molecule has 0 atom stereocenters. The van der Waals surface area contributed by atoms with Gasteiger partial charge in [0.15, 0.2) is 21.3 Å². The lowest BCUT2D eigenvalue weighted by molar-refractivity contribution is 0.0953. The molecule has 162 valence electrons. The Bertz CT molecular complexity index is 1310. The van der Waals surface area contributed by atoms with Crippen LogP contribution in [-0.4, -0.2) is 31.9 Å². The monoisotopic (exact) mass is 460 g/mol. The molecule has 0 spiro atoms. The summed E-state index contributed by atoms with van der Waals surface area (Å²) in [7, 11) is -3.28. The predicted octanol–water partition coefficient (Wildman–Crippen LogP) is 2.33. The molecule has 0 aliphatic carbocycles. The first-order valence-corrected chi connectivity index (χ1v) is 12.1. The smallest absolute Gasteiger partial charge is 0.308 e. The Labute approximate surface area is 183 Å². The molecule has 3 aromatic rings. The van der Waals surface area contributed by atoms with Gasteiger partial charge in [0, 0.05) is 18.5 Å². The Hall–Kier alpha value is -3.11. The maximum Gasteiger partial charge on any atom is 0.308 e. The Morgan fingerprint density at radius 3 is 2.48 bits per heavy atom. The number of aromatic nitrogens is 1. The van der Waals surface area contributed by atoms with Crippen LogP contribution in [0, 0.1) is 6.92 Å². The van der Waals surface area contributed by atoms with Gasteiger partial charge in [0.25, 0.3) is 5.91 Å². The van der Waals surface area contributed by atoms with Gasteiger partial charge in [0.05, 0.1) is 11.4 Å². The van der Waals surface area contributed by atoms with Gasteiger partial charge in [0.1, 0.15) is 4.88 Å². The van der Waals surface area contributed by atoms with Crippen molar-refractivity contribution in [3.05, 3.63) is 73.8 Å². The number of nitrogens with one attached hydrogen (secondary N) is 1. The normalized spacial score (nSPS) is 12.7. The molecule has 0 fully saturated rings. The van der Waals surface area contributed by atoms with Crippen molar-refractivity contribution in [1.29, 1.82) is 0 Å². The summed E-state index contributed by atoms with van der Waals surface area (Å²) in [6, 6.07) is 11.8. The summed E-state index contributed by atoms with van der Waals surface area (Å²) in [5, 5.41) is 2.83. The first-order valence-electron chi connectivity index (χ1n) is 9.38. The minimum Gasteiger partial charge on any atom is -0.454 e. The van der Waals surface area contributed by atoms with Gasteiger partial charge in [-0.25, -0.2) is 8.42 Å². The van der Waals surface area contributed by atoms with Gasteiger partial charge >= 0.3 is 4.87 Å². The van der Waals surface area contributed by atoms with Gasteiger partial charge in [-0.1, -0.05) is 29.5 Å². The first kappa shape index (κ1) is 21.1. The summed E-state index contributed by atoms with van der Waals surface area (Å²) in [5.41, 5.74) is 2.18. The van der Waals surface area contributed by atoms with Crippen LogP contribution in [0.1, 0.15) is 26.5 Å². The van der Waals surface area contributed by atoms with Crippen LogP contribution < -0.4 is 19.7 Å². The number of fused-ring (bicyclic) bond motifs is 1. The van der Waals surface area contributed by atoms with Crippen LogP contribution in [0.5, 0.6) is 11.5 Å². The van der Waals surface area contributed by atoms with E-state index >= 15 is 0 Å². The predicted molar refractivity (Wildman–Crippen MR) is 116 cm³/mol. The number of carbonyl (C=O) groups excluding carboxylic acids is 1. The maximum absolute atomic E-state index is 12.7. The average molecular weight is 461 g/mol. The molecule has 0 saturated heterocycles. The van der Waals surface area contributed by atoms with Crippen LogP contribution in [0.25, 0.3) is 0 Å². The van der Waals surface area contributed by atoms with Crippen LogP contribution in [0.2, 0.25) is 0 Å². The molecule has 1 N–H and O–H groups in total. The third-order valence-corrected chi connectivity index (χ3v) is 7.14. The van der Waals surface area contributed by atoms with Crippen LogP contribution in [-0.2, 0) is 22.9 Å². The van der Waals surface area contributed by atoms with Gasteiger partial charge < -0.3 is 14.8 Å². The summed E-state index contributed by atoms with van der Waals surface area (Å²) in [6.07, 6.45) is 1.14. The fraction of sp³-hybridized carbons (Fsp3) is 0.238. The second-order valence-electron chi connectivity index (χ2n) is 7.16. The molecule has 0 saturated carbocycles. The van der Waals surface area contributed by atoms with E-state index in [-0.39, 0.29) is 35.6 Å². The number of nitrogens with zero attached hydrogens (tertiary/aromatic N) is 1. The van der Waals surface area contributed by atoms with Gasteiger partial charge in [-0.15, -0.1) is 0 Å². The standard InChI is InChI=1S/C21H20N2O6S2/c1-13-19(20(24)22-10-15-5-8-17-18(9-15)29-12-28-17)30-21(25)23(13)11-14-3-6-16(7-4-14)31(2,26)27/h3-9H,10-12H2,1-2H3,(H,22,24). The van der Waals surface area contributed by atoms with Crippen molar-refractivity contribution < 1.29 is 22.7 Å². The van der Waals surface area contributed by atoms with Crippen LogP contribution in [0.3, 0.4) is 0 Å². The topological polar surface area (TPSA) is 104 Å². The number of amides is 1. The fourth-order valence-electron chi connectivity index (χ4n) is 3.21. The highest BCUT2D eigenvalue weighted by Crippen LogP contribution is 2.32. The summed E-state index contributed by atoms with van der Waals surface area (Å²) < 4.78 is 35.3. The SMILES string of the molecule is Cc1c(C(=O)NCc2ccc3c(c2)OCO3)sc(=O)n1Cc1ccc(S(C)(=O)=O)cc1. The van der Waals surface area contributed by atoms with E-state index in [9.17, 15) is 18.0 Å². The lowest BCUT2D eigenvalue weighted by Gasteiger charge is -2.08. The van der Waals surface area contributed by atoms with E-state index < -0.39 is 9.84 Å². The van der Waals surface area contributed by atoms with Crippen molar-refractivity contribution in [3.63, 3.8) is 0 Å². The van der Waals surface area contributed by atoms with Crippen molar-refractivity contribution >= 4 is 27.1 Å². The highest BCUT2D eigenvalue weighted by Gasteiger charge is 2.19. The van der Waals surface area contributed by atoms with E-state index in [4.69, 9.17) is 9.47 Å². The minimum absolute atomic E-state index is 0.183. The molecular formula is C21H20N2O6S2. The van der Waals surface area contributed by atoms with Crippen LogP contribution in [0.4, 0.5) is 0 Å². The molecule has 1 aromatic heterocycles. The maximum atomic E-state index is 12.7. The molecule has 2 aromatic carbocycles. The summed E-state index contributed by atoms with van der Waals surface area (Å²) >= 11 is 0.886. The Balaban J connectivity index is 1.47. The lowest BCUT2D eigenvalue weighted by atomic mass is 10.2. The van der Waals surface area contributed by atoms with E-state index in [2.05, 4.69) is 5.32 Å². The van der Waals surface area contributed by atoms with Crippen molar-refractivity contribution in [3.8, 4) is 11.5 Å².